The minimum absolute atomic E-state index is 0. The highest BCUT2D eigenvalue weighted by Crippen LogP contribution is 2.13. The third-order valence-electron chi connectivity index (χ3n) is 7.41. The largest absolute Gasteiger partial charge is 1.00 e. The number of amides is 1. The van der Waals surface area contributed by atoms with E-state index in [0.29, 0.717) is 17.6 Å². The summed E-state index contributed by atoms with van der Waals surface area (Å²) in [6.45, 7) is 5.95. The molecule has 0 aromatic heterocycles. The van der Waals surface area contributed by atoms with Gasteiger partial charge in [0, 0.05) is 6.54 Å². The molecule has 1 fully saturated rings. The summed E-state index contributed by atoms with van der Waals surface area (Å²) in [6, 6.07) is 0. The van der Waals surface area contributed by atoms with Crippen molar-refractivity contribution in [1.82, 2.24) is 10.4 Å². The fourth-order valence-corrected chi connectivity index (χ4v) is 4.79. The zero-order valence-electron chi connectivity index (χ0n) is 23.3. The number of aliphatic hydroxyl groups is 1. The second-order valence-corrected chi connectivity index (χ2v) is 10.6. The number of halogens is 1. The van der Waals surface area contributed by atoms with Crippen LogP contribution >= 0.6 is 0 Å². The first-order valence-electron chi connectivity index (χ1n) is 14.7. The Morgan fingerprint density at radius 3 is 1.80 bits per heavy atom. The molecule has 1 aliphatic rings. The molecule has 0 saturated carbocycles. The summed E-state index contributed by atoms with van der Waals surface area (Å²) in [4.78, 5) is 12.3. The van der Waals surface area contributed by atoms with Crippen LogP contribution in [-0.2, 0) is 4.79 Å². The van der Waals surface area contributed by atoms with Gasteiger partial charge in [-0.15, -0.1) is 0 Å². The number of unbranched alkanes of at least 4 members (excludes halogenated alkanes) is 16. The second-order valence-electron chi connectivity index (χ2n) is 10.6. The number of carbonyl (C=O) groups is 1. The number of hydrogen-bond donors (Lipinski definition) is 2. The van der Waals surface area contributed by atoms with E-state index >= 15 is 0 Å². The van der Waals surface area contributed by atoms with Crippen molar-refractivity contribution in [3.05, 3.63) is 12.2 Å². The van der Waals surface area contributed by atoms with Crippen molar-refractivity contribution in [3.63, 3.8) is 0 Å². The molecule has 0 aromatic rings. The van der Waals surface area contributed by atoms with Gasteiger partial charge in [0.1, 0.15) is 13.1 Å². The Morgan fingerprint density at radius 1 is 0.829 bits per heavy atom. The van der Waals surface area contributed by atoms with Gasteiger partial charge in [0.25, 0.3) is 0 Å². The molecule has 1 unspecified atom stereocenters. The molecule has 208 valence electrons. The highest BCUT2D eigenvalue weighted by atomic mass is 35.5. The molecule has 0 aliphatic carbocycles. The van der Waals surface area contributed by atoms with Crippen LogP contribution in [0.15, 0.2) is 12.2 Å². The average Bonchev–Trinajstić information content (AvgIpc) is 2.82. The molecule has 5 nitrogen and oxygen atoms in total. The standard InChI is InChI=1S/C29H58N3O2.ClH/c1-3-4-5-6-7-8-9-10-11-12-13-14-15-16-17-18-19-20-21-22-23-30-31-24-25-32(2,26-27-33)29(34)28-31;/h10-11,30,33H,3-9,12-28H2,1-2H3;1H/q+1;/p-1. The molecule has 1 aliphatic heterocycles. The van der Waals surface area contributed by atoms with Gasteiger partial charge in [-0.05, 0) is 32.1 Å². The summed E-state index contributed by atoms with van der Waals surface area (Å²) in [5.41, 5.74) is 3.43. The molecular weight excluding hydrogens is 458 g/mol. The number of likely N-dealkylation sites (N-methyl/N-ethyl adjacent to an activating group) is 1. The van der Waals surface area contributed by atoms with Gasteiger partial charge in [-0.1, -0.05) is 103 Å². The van der Waals surface area contributed by atoms with Crippen molar-refractivity contribution in [3.8, 4) is 0 Å². The molecular formula is C29H58ClN3O2. The van der Waals surface area contributed by atoms with Crippen LogP contribution in [0.2, 0.25) is 0 Å². The van der Waals surface area contributed by atoms with E-state index in [1.54, 1.807) is 0 Å². The number of nitrogens with one attached hydrogen (secondary N) is 1. The molecule has 1 amide bonds. The van der Waals surface area contributed by atoms with Gasteiger partial charge in [-0.2, -0.15) is 0 Å². The lowest BCUT2D eigenvalue weighted by atomic mass is 10.1. The van der Waals surface area contributed by atoms with Crippen LogP contribution in [0.25, 0.3) is 0 Å². The maximum Gasteiger partial charge on any atom is 0.329 e. The van der Waals surface area contributed by atoms with E-state index in [2.05, 4.69) is 29.5 Å². The molecule has 0 radical (unpaired) electrons. The van der Waals surface area contributed by atoms with Crippen LogP contribution in [0.5, 0.6) is 0 Å². The van der Waals surface area contributed by atoms with Crippen molar-refractivity contribution in [1.29, 1.82) is 0 Å². The molecule has 1 saturated heterocycles. The zero-order valence-corrected chi connectivity index (χ0v) is 24.0. The first kappa shape index (κ1) is 34.5. The fraction of sp³-hybridized carbons (Fsp3) is 0.897. The van der Waals surface area contributed by atoms with Gasteiger partial charge in [0.15, 0.2) is 0 Å². The number of rotatable bonds is 23. The van der Waals surface area contributed by atoms with Crippen molar-refractivity contribution in [2.75, 3.05) is 46.4 Å². The maximum absolute atomic E-state index is 12.3. The Morgan fingerprint density at radius 2 is 1.31 bits per heavy atom. The number of hydrazine groups is 1. The number of hydrogen-bond acceptors (Lipinski definition) is 4. The Hall–Kier alpha value is -0.460. The van der Waals surface area contributed by atoms with Crippen molar-refractivity contribution < 1.29 is 26.8 Å². The first-order valence-corrected chi connectivity index (χ1v) is 14.7. The lowest BCUT2D eigenvalue weighted by molar-refractivity contribution is -0.838. The topological polar surface area (TPSA) is 52.6 Å². The second kappa shape index (κ2) is 23.9. The molecule has 1 atom stereocenters. The summed E-state index contributed by atoms with van der Waals surface area (Å²) >= 11 is 0. The Bertz CT molecular complexity index is 518. The zero-order chi connectivity index (χ0) is 24.7. The van der Waals surface area contributed by atoms with Crippen molar-refractivity contribution in [2.45, 2.75) is 122 Å². The molecule has 35 heavy (non-hydrogen) atoms. The number of carbonyl (C=O) groups excluding carboxylic acids is 1. The van der Waals surface area contributed by atoms with Crippen LogP contribution in [0.4, 0.5) is 0 Å². The molecule has 0 aromatic carbocycles. The van der Waals surface area contributed by atoms with E-state index in [0.717, 1.165) is 19.6 Å². The smallest absolute Gasteiger partial charge is 0.329 e. The van der Waals surface area contributed by atoms with Gasteiger partial charge < -0.3 is 17.5 Å². The quantitative estimate of drug-likeness (QED) is 0.124. The lowest BCUT2D eigenvalue weighted by Gasteiger charge is -2.39. The van der Waals surface area contributed by atoms with Gasteiger partial charge in [0.2, 0.25) is 0 Å². The van der Waals surface area contributed by atoms with Crippen LogP contribution in [0, 0.1) is 0 Å². The van der Waals surface area contributed by atoms with Crippen LogP contribution < -0.4 is 17.8 Å². The predicted molar refractivity (Wildman–Crippen MR) is 146 cm³/mol. The third-order valence-corrected chi connectivity index (χ3v) is 7.41. The average molecular weight is 516 g/mol. The normalized spacial score (nSPS) is 18.9. The van der Waals surface area contributed by atoms with Crippen molar-refractivity contribution >= 4 is 5.91 Å². The summed E-state index contributed by atoms with van der Waals surface area (Å²) < 4.78 is 0.366. The molecule has 2 N–H and O–H groups in total. The monoisotopic (exact) mass is 515 g/mol. The number of allylic oxidation sites excluding steroid dienone is 2. The van der Waals surface area contributed by atoms with Gasteiger partial charge in [0.05, 0.1) is 26.7 Å². The number of nitrogens with zero attached hydrogens (tertiary/aromatic N) is 2. The number of quaternary nitrogens is 1. The summed E-state index contributed by atoms with van der Waals surface area (Å²) in [6.07, 6.45) is 29.3. The minimum atomic E-state index is 0. The maximum atomic E-state index is 12.3. The highest BCUT2D eigenvalue weighted by Gasteiger charge is 2.37. The van der Waals surface area contributed by atoms with E-state index in [-0.39, 0.29) is 24.9 Å². The fourth-order valence-electron chi connectivity index (χ4n) is 4.79. The third kappa shape index (κ3) is 18.4. The van der Waals surface area contributed by atoms with E-state index in [1.807, 2.05) is 7.05 Å². The minimum Gasteiger partial charge on any atom is -1.00 e. The van der Waals surface area contributed by atoms with Crippen LogP contribution in [0.3, 0.4) is 0 Å². The van der Waals surface area contributed by atoms with Gasteiger partial charge >= 0.3 is 5.91 Å². The van der Waals surface area contributed by atoms with Crippen LogP contribution in [0.1, 0.15) is 122 Å². The number of piperazine rings is 1. The molecule has 1 heterocycles. The van der Waals surface area contributed by atoms with E-state index in [4.69, 9.17) is 5.11 Å². The summed E-state index contributed by atoms with van der Waals surface area (Å²) in [5.74, 6) is 0.202. The Kier molecular flexibility index (Phi) is 23.6. The van der Waals surface area contributed by atoms with E-state index < -0.39 is 0 Å². The molecule has 6 heteroatoms. The van der Waals surface area contributed by atoms with E-state index in [1.165, 1.54) is 116 Å². The first-order chi connectivity index (χ1) is 16.6. The molecule has 1 rings (SSSR count). The van der Waals surface area contributed by atoms with Gasteiger partial charge in [-0.3, -0.25) is 9.91 Å². The Labute approximate surface area is 224 Å². The summed E-state index contributed by atoms with van der Waals surface area (Å²) in [7, 11) is 1.94. The molecule has 0 spiro atoms. The Balaban J connectivity index is 0.0000116. The summed E-state index contributed by atoms with van der Waals surface area (Å²) in [5, 5.41) is 11.2. The SMILES string of the molecule is CCCCCCCCC=CCCCCCCCCCCCCNN1CC[N+](C)(CCO)C(=O)C1.[Cl-]. The van der Waals surface area contributed by atoms with Crippen LogP contribution in [-0.4, -0.2) is 66.9 Å². The lowest BCUT2D eigenvalue weighted by Crippen LogP contribution is -3.00. The predicted octanol–water partition coefficient (Wildman–Crippen LogP) is 3.37. The van der Waals surface area contributed by atoms with Gasteiger partial charge in [-0.25, -0.2) is 9.80 Å². The molecule has 0 bridgehead atoms. The number of aliphatic hydroxyl groups excluding tert-OH is 1. The van der Waals surface area contributed by atoms with E-state index in [9.17, 15) is 4.79 Å². The van der Waals surface area contributed by atoms with Crippen molar-refractivity contribution in [2.24, 2.45) is 0 Å². The highest BCUT2D eigenvalue weighted by molar-refractivity contribution is 5.71.